The van der Waals surface area contributed by atoms with Gasteiger partial charge in [-0.2, -0.15) is 0 Å². The van der Waals surface area contributed by atoms with Crippen molar-refractivity contribution < 1.29 is 18.8 Å². The number of nitrogens with zero attached hydrogens (tertiary/aromatic N) is 2. The predicted octanol–water partition coefficient (Wildman–Crippen LogP) is 3.52. The van der Waals surface area contributed by atoms with Crippen LogP contribution in [0.5, 0.6) is 0 Å². The molecule has 0 bridgehead atoms. The summed E-state index contributed by atoms with van der Waals surface area (Å²) in [5, 5.41) is 8.61. The second-order valence-electron chi connectivity index (χ2n) is 5.73. The summed E-state index contributed by atoms with van der Waals surface area (Å²) in [5.74, 6) is -0.749. The number of nitrogens with one attached hydrogen (secondary N) is 1. The number of aromatic nitrogens is 2. The lowest BCUT2D eigenvalue weighted by atomic mass is 10.1. The van der Waals surface area contributed by atoms with Crippen LogP contribution in [0.25, 0.3) is 11.3 Å². The topological polar surface area (TPSA) is 94.3 Å². The Morgan fingerprint density at radius 2 is 1.92 bits per heavy atom. The van der Waals surface area contributed by atoms with Gasteiger partial charge in [-0.05, 0) is 20.8 Å². The molecule has 2 heterocycles. The first kappa shape index (κ1) is 17.8. The van der Waals surface area contributed by atoms with Crippen LogP contribution in [-0.4, -0.2) is 28.6 Å². The van der Waals surface area contributed by atoms with E-state index in [0.29, 0.717) is 16.6 Å². The Bertz CT molecular complexity index is 924. The molecule has 1 amide bonds. The first-order valence-electron chi connectivity index (χ1n) is 7.86. The van der Waals surface area contributed by atoms with E-state index in [1.807, 2.05) is 36.6 Å². The number of carbonyl (C=O) groups is 2. The standard InChI is InChI=1S/C18H17N3O4S/c1-10-4-6-13(7-5-10)14-9-26-18(19-14)20-15(22)8-24-17(23)16-11(2)21-25-12(16)3/h4-7,9H,8H2,1-3H3,(H,19,20,22). The molecule has 0 aliphatic rings. The van der Waals surface area contributed by atoms with Gasteiger partial charge in [-0.1, -0.05) is 35.0 Å². The number of rotatable bonds is 5. The molecule has 0 saturated carbocycles. The molecule has 0 radical (unpaired) electrons. The summed E-state index contributed by atoms with van der Waals surface area (Å²) in [6.07, 6.45) is 0. The first-order chi connectivity index (χ1) is 12.4. The van der Waals surface area contributed by atoms with Gasteiger partial charge in [0.2, 0.25) is 0 Å². The molecule has 0 aliphatic heterocycles. The van der Waals surface area contributed by atoms with Gasteiger partial charge in [0, 0.05) is 10.9 Å². The number of benzene rings is 1. The van der Waals surface area contributed by atoms with Gasteiger partial charge < -0.3 is 9.26 Å². The summed E-state index contributed by atoms with van der Waals surface area (Å²) in [6, 6.07) is 7.95. The average molecular weight is 371 g/mol. The predicted molar refractivity (Wildman–Crippen MR) is 97.2 cm³/mol. The molecule has 0 spiro atoms. The quantitative estimate of drug-likeness (QED) is 0.690. The molecule has 1 aromatic carbocycles. The minimum atomic E-state index is -0.643. The number of thiazole rings is 1. The lowest BCUT2D eigenvalue weighted by molar-refractivity contribution is -0.119. The number of amides is 1. The van der Waals surface area contributed by atoms with Gasteiger partial charge in [0.25, 0.3) is 5.91 Å². The number of anilines is 1. The van der Waals surface area contributed by atoms with Gasteiger partial charge in [0.15, 0.2) is 11.7 Å². The van der Waals surface area contributed by atoms with E-state index in [0.717, 1.165) is 16.8 Å². The van der Waals surface area contributed by atoms with Gasteiger partial charge in [0.1, 0.15) is 11.3 Å². The fraction of sp³-hybridized carbons (Fsp3) is 0.222. The first-order valence-corrected chi connectivity index (χ1v) is 8.74. The van der Waals surface area contributed by atoms with E-state index in [1.165, 1.54) is 11.3 Å². The Hall–Kier alpha value is -3.00. The summed E-state index contributed by atoms with van der Waals surface area (Å²) in [7, 11) is 0. The highest BCUT2D eigenvalue weighted by atomic mass is 32.1. The SMILES string of the molecule is Cc1ccc(-c2csc(NC(=O)COC(=O)c3c(C)noc3C)n2)cc1. The van der Waals surface area contributed by atoms with Crippen molar-refractivity contribution in [2.75, 3.05) is 11.9 Å². The molecule has 3 aromatic rings. The average Bonchev–Trinajstić information content (AvgIpc) is 3.20. The number of hydrogen-bond acceptors (Lipinski definition) is 7. The van der Waals surface area contributed by atoms with Gasteiger partial charge in [-0.3, -0.25) is 10.1 Å². The summed E-state index contributed by atoms with van der Waals surface area (Å²) in [4.78, 5) is 28.4. The molecule has 0 atom stereocenters. The molecule has 8 heteroatoms. The highest BCUT2D eigenvalue weighted by molar-refractivity contribution is 7.14. The van der Waals surface area contributed by atoms with E-state index in [2.05, 4.69) is 15.5 Å². The van der Waals surface area contributed by atoms with Crippen LogP contribution >= 0.6 is 11.3 Å². The summed E-state index contributed by atoms with van der Waals surface area (Å²) in [6.45, 7) is 4.84. The van der Waals surface area contributed by atoms with E-state index in [4.69, 9.17) is 9.26 Å². The number of aryl methyl sites for hydroxylation is 3. The zero-order chi connectivity index (χ0) is 18.7. The molecule has 26 heavy (non-hydrogen) atoms. The zero-order valence-corrected chi connectivity index (χ0v) is 15.3. The summed E-state index contributed by atoms with van der Waals surface area (Å²) in [5.41, 5.74) is 3.58. The molecule has 0 fully saturated rings. The fourth-order valence-electron chi connectivity index (χ4n) is 2.32. The monoisotopic (exact) mass is 371 g/mol. The Morgan fingerprint density at radius 1 is 1.19 bits per heavy atom. The highest BCUT2D eigenvalue weighted by Gasteiger charge is 2.20. The van der Waals surface area contributed by atoms with Crippen molar-refractivity contribution in [3.8, 4) is 11.3 Å². The van der Waals surface area contributed by atoms with Crippen molar-refractivity contribution in [2.45, 2.75) is 20.8 Å². The minimum absolute atomic E-state index is 0.244. The third-order valence-electron chi connectivity index (χ3n) is 3.67. The van der Waals surface area contributed by atoms with Crippen molar-refractivity contribution in [3.05, 3.63) is 52.2 Å². The molecule has 3 rings (SSSR count). The second-order valence-corrected chi connectivity index (χ2v) is 6.59. The highest BCUT2D eigenvalue weighted by Crippen LogP contribution is 2.25. The Kier molecular flexibility index (Phi) is 5.13. The third-order valence-corrected chi connectivity index (χ3v) is 4.43. The molecular formula is C18H17N3O4S. The second kappa shape index (κ2) is 7.49. The Balaban J connectivity index is 1.57. The molecule has 1 N–H and O–H groups in total. The zero-order valence-electron chi connectivity index (χ0n) is 14.5. The molecule has 0 unspecified atom stereocenters. The normalized spacial score (nSPS) is 10.6. The van der Waals surface area contributed by atoms with Crippen LogP contribution < -0.4 is 5.32 Å². The number of esters is 1. The molecule has 134 valence electrons. The van der Waals surface area contributed by atoms with Crippen molar-refractivity contribution in [1.82, 2.24) is 10.1 Å². The van der Waals surface area contributed by atoms with Crippen LogP contribution in [-0.2, 0) is 9.53 Å². The maximum absolute atomic E-state index is 12.0. The van der Waals surface area contributed by atoms with Gasteiger partial charge in [0.05, 0.1) is 11.4 Å². The molecule has 7 nitrogen and oxygen atoms in total. The van der Waals surface area contributed by atoms with Crippen LogP contribution in [0.15, 0.2) is 34.2 Å². The smallest absolute Gasteiger partial charge is 0.344 e. The third kappa shape index (κ3) is 3.97. The van der Waals surface area contributed by atoms with Crippen molar-refractivity contribution in [3.63, 3.8) is 0 Å². The van der Waals surface area contributed by atoms with Gasteiger partial charge in [-0.25, -0.2) is 9.78 Å². The van der Waals surface area contributed by atoms with E-state index in [1.54, 1.807) is 13.8 Å². The summed E-state index contributed by atoms with van der Waals surface area (Å²) < 4.78 is 9.92. The minimum Gasteiger partial charge on any atom is -0.452 e. The van der Waals surface area contributed by atoms with E-state index >= 15 is 0 Å². The van der Waals surface area contributed by atoms with E-state index in [9.17, 15) is 9.59 Å². The maximum atomic E-state index is 12.0. The fourth-order valence-corrected chi connectivity index (χ4v) is 3.06. The largest absolute Gasteiger partial charge is 0.452 e. The van der Waals surface area contributed by atoms with Crippen LogP contribution in [0, 0.1) is 20.8 Å². The molecular weight excluding hydrogens is 354 g/mol. The lowest BCUT2D eigenvalue weighted by Crippen LogP contribution is -2.21. The molecule has 0 aliphatic carbocycles. The molecule has 0 saturated heterocycles. The van der Waals surface area contributed by atoms with Gasteiger partial charge >= 0.3 is 5.97 Å². The number of ether oxygens (including phenoxy) is 1. The van der Waals surface area contributed by atoms with Crippen LogP contribution in [0.4, 0.5) is 5.13 Å². The number of carbonyl (C=O) groups excluding carboxylic acids is 2. The van der Waals surface area contributed by atoms with E-state index < -0.39 is 18.5 Å². The lowest BCUT2D eigenvalue weighted by Gasteiger charge is -2.04. The van der Waals surface area contributed by atoms with Crippen LogP contribution in [0.2, 0.25) is 0 Å². The van der Waals surface area contributed by atoms with Crippen molar-refractivity contribution in [2.24, 2.45) is 0 Å². The van der Waals surface area contributed by atoms with Crippen molar-refractivity contribution in [1.29, 1.82) is 0 Å². The van der Waals surface area contributed by atoms with Crippen LogP contribution in [0.1, 0.15) is 27.4 Å². The molecule has 2 aromatic heterocycles. The van der Waals surface area contributed by atoms with Crippen LogP contribution in [0.3, 0.4) is 0 Å². The summed E-state index contributed by atoms with van der Waals surface area (Å²) >= 11 is 1.31. The van der Waals surface area contributed by atoms with Crippen molar-refractivity contribution >= 4 is 28.3 Å². The van der Waals surface area contributed by atoms with Gasteiger partial charge in [-0.15, -0.1) is 11.3 Å². The van der Waals surface area contributed by atoms with E-state index in [-0.39, 0.29) is 5.56 Å². The Labute approximate surface area is 154 Å². The Morgan fingerprint density at radius 3 is 2.58 bits per heavy atom. The maximum Gasteiger partial charge on any atom is 0.344 e. The number of hydrogen-bond donors (Lipinski definition) is 1.